The van der Waals surface area contributed by atoms with E-state index in [1.165, 1.54) is 0 Å². The molecular formula is C16H19BrN3O3S-. The van der Waals surface area contributed by atoms with Crippen molar-refractivity contribution in [2.45, 2.75) is 31.8 Å². The number of carbonyl (C=O) groups excluding carboxylic acids is 1. The van der Waals surface area contributed by atoms with E-state index in [2.05, 4.69) is 31.8 Å². The van der Waals surface area contributed by atoms with Gasteiger partial charge in [-0.3, -0.25) is 5.43 Å². The Balaban J connectivity index is 1.94. The third-order valence-corrected chi connectivity index (χ3v) is 4.31. The van der Waals surface area contributed by atoms with Crippen LogP contribution in [0.2, 0.25) is 0 Å². The fourth-order valence-electron chi connectivity index (χ4n) is 2.30. The summed E-state index contributed by atoms with van der Waals surface area (Å²) in [5.74, 6) is -1.11. The molecule has 6 nitrogen and oxygen atoms in total. The summed E-state index contributed by atoms with van der Waals surface area (Å²) in [6.07, 6.45) is 2.42. The van der Waals surface area contributed by atoms with Gasteiger partial charge in [0, 0.05) is 23.6 Å². The summed E-state index contributed by atoms with van der Waals surface area (Å²) in [6.45, 7) is 1.43. The number of benzene rings is 1. The summed E-state index contributed by atoms with van der Waals surface area (Å²) < 4.78 is 6.45. The lowest BCUT2D eigenvalue weighted by molar-refractivity contribution is -0.305. The fraction of sp³-hybridized carbons (Fsp3) is 0.438. The van der Waals surface area contributed by atoms with Gasteiger partial charge in [-0.05, 0) is 55.6 Å². The van der Waals surface area contributed by atoms with E-state index in [0.29, 0.717) is 17.4 Å². The van der Waals surface area contributed by atoms with Gasteiger partial charge in [0.15, 0.2) is 5.11 Å². The van der Waals surface area contributed by atoms with Gasteiger partial charge in [0.1, 0.15) is 0 Å². The van der Waals surface area contributed by atoms with Crippen molar-refractivity contribution in [3.8, 4) is 0 Å². The third-order valence-electron chi connectivity index (χ3n) is 3.55. The van der Waals surface area contributed by atoms with E-state index < -0.39 is 5.97 Å². The lowest BCUT2D eigenvalue weighted by Crippen LogP contribution is -2.37. The molecule has 0 spiro atoms. The van der Waals surface area contributed by atoms with E-state index in [0.717, 1.165) is 29.5 Å². The maximum absolute atomic E-state index is 10.7. The normalized spacial score (nSPS) is 17.5. The number of carbonyl (C=O) groups is 1. The molecule has 1 atom stereocenters. The van der Waals surface area contributed by atoms with Crippen molar-refractivity contribution in [1.29, 1.82) is 0 Å². The van der Waals surface area contributed by atoms with Crippen molar-refractivity contribution in [2.24, 2.45) is 5.10 Å². The van der Waals surface area contributed by atoms with E-state index in [1.807, 2.05) is 24.3 Å². The van der Waals surface area contributed by atoms with Crippen LogP contribution >= 0.6 is 28.1 Å². The van der Waals surface area contributed by atoms with Crippen LogP contribution in [-0.2, 0) is 9.53 Å². The van der Waals surface area contributed by atoms with E-state index in [1.54, 1.807) is 0 Å². The Morgan fingerprint density at radius 2 is 2.12 bits per heavy atom. The average molecular weight is 413 g/mol. The van der Waals surface area contributed by atoms with Crippen molar-refractivity contribution in [3.63, 3.8) is 0 Å². The maximum atomic E-state index is 10.7. The second-order valence-corrected chi connectivity index (χ2v) is 6.72. The molecule has 0 radical (unpaired) electrons. The van der Waals surface area contributed by atoms with Crippen molar-refractivity contribution < 1.29 is 14.6 Å². The first-order chi connectivity index (χ1) is 11.5. The van der Waals surface area contributed by atoms with Gasteiger partial charge in [0.25, 0.3) is 0 Å². The van der Waals surface area contributed by atoms with E-state index in [9.17, 15) is 9.90 Å². The molecule has 2 N–H and O–H groups in total. The van der Waals surface area contributed by atoms with Crippen molar-refractivity contribution in [2.75, 3.05) is 13.2 Å². The van der Waals surface area contributed by atoms with Crippen LogP contribution in [0.1, 0.15) is 31.2 Å². The SMILES string of the molecule is O=C([O-])CC/C(=N/NC(=S)NC[C@@H]1CCCO1)c1ccc(Br)cc1. The highest BCUT2D eigenvalue weighted by molar-refractivity contribution is 9.10. The molecule has 1 fully saturated rings. The van der Waals surface area contributed by atoms with E-state index in [-0.39, 0.29) is 18.9 Å². The fourth-order valence-corrected chi connectivity index (χ4v) is 2.69. The van der Waals surface area contributed by atoms with Gasteiger partial charge >= 0.3 is 0 Å². The molecule has 130 valence electrons. The van der Waals surface area contributed by atoms with Gasteiger partial charge < -0.3 is 20.0 Å². The van der Waals surface area contributed by atoms with Crippen LogP contribution in [0.4, 0.5) is 0 Å². The molecule has 1 aliphatic rings. The van der Waals surface area contributed by atoms with Crippen LogP contribution in [-0.4, -0.2) is 36.0 Å². The van der Waals surface area contributed by atoms with Crippen molar-refractivity contribution >= 4 is 44.9 Å². The van der Waals surface area contributed by atoms with Gasteiger partial charge in [-0.25, -0.2) is 0 Å². The van der Waals surface area contributed by atoms with Crippen LogP contribution in [0.5, 0.6) is 0 Å². The Kier molecular flexibility index (Phi) is 7.61. The Hall–Kier alpha value is -1.51. The number of nitrogens with one attached hydrogen (secondary N) is 2. The first-order valence-electron chi connectivity index (χ1n) is 7.72. The molecule has 0 unspecified atom stereocenters. The zero-order chi connectivity index (χ0) is 17.4. The molecule has 0 saturated carbocycles. The predicted molar refractivity (Wildman–Crippen MR) is 97.6 cm³/mol. The monoisotopic (exact) mass is 412 g/mol. The Labute approximate surface area is 154 Å². The minimum atomic E-state index is -1.11. The Morgan fingerprint density at radius 3 is 2.75 bits per heavy atom. The van der Waals surface area contributed by atoms with Gasteiger partial charge in [0.05, 0.1) is 11.8 Å². The first-order valence-corrected chi connectivity index (χ1v) is 8.92. The number of rotatable bonds is 7. The molecule has 0 aromatic heterocycles. The van der Waals surface area contributed by atoms with E-state index >= 15 is 0 Å². The topological polar surface area (TPSA) is 85.8 Å². The highest BCUT2D eigenvalue weighted by Gasteiger charge is 2.15. The number of thiocarbonyl (C=S) groups is 1. The molecule has 2 rings (SSSR count). The van der Waals surface area contributed by atoms with Crippen LogP contribution in [0, 0.1) is 0 Å². The quantitative estimate of drug-likeness (QED) is 0.399. The summed E-state index contributed by atoms with van der Waals surface area (Å²) in [4.78, 5) is 10.7. The number of halogens is 1. The number of nitrogens with zero attached hydrogens (tertiary/aromatic N) is 1. The summed E-state index contributed by atoms with van der Waals surface area (Å²) in [5.41, 5.74) is 4.20. The number of hydrogen-bond acceptors (Lipinski definition) is 5. The number of carboxylic acids is 1. The summed E-state index contributed by atoms with van der Waals surface area (Å²) in [5, 5.41) is 18.4. The third kappa shape index (κ3) is 6.54. The number of aliphatic carboxylic acids is 1. The van der Waals surface area contributed by atoms with Crippen molar-refractivity contribution in [1.82, 2.24) is 10.7 Å². The zero-order valence-corrected chi connectivity index (χ0v) is 15.5. The molecule has 0 aliphatic carbocycles. The molecule has 1 heterocycles. The Bertz CT molecular complexity index is 601. The predicted octanol–water partition coefficient (Wildman–Crippen LogP) is 1.33. The van der Waals surface area contributed by atoms with Crippen LogP contribution in [0.3, 0.4) is 0 Å². The number of carboxylic acid groups (broad SMARTS) is 1. The largest absolute Gasteiger partial charge is 0.550 e. The lowest BCUT2D eigenvalue weighted by atomic mass is 10.1. The molecule has 1 saturated heterocycles. The average Bonchev–Trinajstić information content (AvgIpc) is 3.07. The molecule has 24 heavy (non-hydrogen) atoms. The molecule has 0 amide bonds. The zero-order valence-electron chi connectivity index (χ0n) is 13.1. The minimum absolute atomic E-state index is 0.104. The molecule has 0 bridgehead atoms. The summed E-state index contributed by atoms with van der Waals surface area (Å²) in [7, 11) is 0. The smallest absolute Gasteiger partial charge is 0.187 e. The number of ether oxygens (including phenoxy) is 1. The van der Waals surface area contributed by atoms with Crippen LogP contribution in [0.15, 0.2) is 33.8 Å². The van der Waals surface area contributed by atoms with Crippen molar-refractivity contribution in [3.05, 3.63) is 34.3 Å². The molecule has 1 aromatic rings. The summed E-state index contributed by atoms with van der Waals surface area (Å²) >= 11 is 8.56. The van der Waals surface area contributed by atoms with Crippen LogP contribution < -0.4 is 15.8 Å². The highest BCUT2D eigenvalue weighted by Crippen LogP contribution is 2.13. The molecule has 1 aliphatic heterocycles. The van der Waals surface area contributed by atoms with E-state index in [4.69, 9.17) is 17.0 Å². The number of hydrazone groups is 1. The van der Waals surface area contributed by atoms with Gasteiger partial charge in [-0.2, -0.15) is 5.10 Å². The maximum Gasteiger partial charge on any atom is 0.187 e. The summed E-state index contributed by atoms with van der Waals surface area (Å²) in [6, 6.07) is 7.47. The molecular weight excluding hydrogens is 394 g/mol. The van der Waals surface area contributed by atoms with Gasteiger partial charge in [0.2, 0.25) is 0 Å². The molecule has 8 heteroatoms. The lowest BCUT2D eigenvalue weighted by Gasteiger charge is -2.13. The van der Waals surface area contributed by atoms with Gasteiger partial charge in [-0.1, -0.05) is 28.1 Å². The second kappa shape index (κ2) is 9.71. The molecule has 1 aromatic carbocycles. The minimum Gasteiger partial charge on any atom is -0.550 e. The van der Waals surface area contributed by atoms with Crippen LogP contribution in [0.25, 0.3) is 0 Å². The standard InChI is InChI=1S/C16H20BrN3O3S/c17-12-5-3-11(4-6-12)14(7-8-15(21)22)19-20-16(24)18-10-13-2-1-9-23-13/h3-6,13H,1-2,7-10H2,(H,21,22)(H2,18,20,24)/p-1/b19-14-/t13-/m0/s1. The highest BCUT2D eigenvalue weighted by atomic mass is 79.9. The number of hydrogen-bond donors (Lipinski definition) is 2. The second-order valence-electron chi connectivity index (χ2n) is 5.39. The van der Waals surface area contributed by atoms with Gasteiger partial charge in [-0.15, -0.1) is 0 Å². The Morgan fingerprint density at radius 1 is 1.38 bits per heavy atom. The first kappa shape index (κ1) is 18.8.